The fraction of sp³-hybridized carbons (Fsp3) is 0.500. The summed E-state index contributed by atoms with van der Waals surface area (Å²) in [5.74, 6) is -5.02. The van der Waals surface area contributed by atoms with Crippen LogP contribution in [0.4, 0.5) is 0 Å². The summed E-state index contributed by atoms with van der Waals surface area (Å²) in [4.78, 5) is 56.1. The van der Waals surface area contributed by atoms with E-state index in [-0.39, 0.29) is 67.3 Å². The first-order chi connectivity index (χ1) is 7.78. The Labute approximate surface area is 164 Å². The number of hydrogen-bond donors (Lipinski definition) is 4. The van der Waals surface area contributed by atoms with Crippen molar-refractivity contribution in [3.8, 4) is 0 Å². The Morgan fingerprint density at radius 2 is 1.15 bits per heavy atom. The van der Waals surface area contributed by atoms with Crippen LogP contribution in [0.3, 0.4) is 0 Å². The molecule has 0 rings (SSSR count). The molecule has 0 saturated heterocycles. The molecule has 4 N–H and O–H groups in total. The summed E-state index contributed by atoms with van der Waals surface area (Å²) in [5.41, 5.74) is -2.74. The van der Waals surface area contributed by atoms with Gasteiger partial charge in [0.15, 0.2) is 5.60 Å². The van der Waals surface area contributed by atoms with Crippen LogP contribution >= 0.6 is 7.82 Å². The van der Waals surface area contributed by atoms with Gasteiger partial charge in [-0.2, -0.15) is 7.82 Å². The molecule has 20 heavy (non-hydrogen) atoms. The van der Waals surface area contributed by atoms with Gasteiger partial charge in [0.25, 0.3) is 0 Å². The molecule has 0 aromatic carbocycles. The zero-order chi connectivity index (χ0) is 15.1. The Morgan fingerprint density at radius 1 is 0.950 bits per heavy atom. The normalized spacial score (nSPS) is 10.0. The number of rotatable bonds is 5. The summed E-state index contributed by atoms with van der Waals surface area (Å²) in [5, 5.41) is 33.8. The van der Waals surface area contributed by atoms with Crippen LogP contribution in [-0.2, 0) is 18.9 Å². The molecule has 11 nitrogen and oxygen atoms in total. The summed E-state index contributed by atoms with van der Waals surface area (Å²) in [6, 6.07) is 0. The zero-order valence-electron chi connectivity index (χ0n) is 10.2. The van der Waals surface area contributed by atoms with Gasteiger partial charge >= 0.3 is 85.2 Å². The maximum atomic E-state index is 10.3. The van der Waals surface area contributed by atoms with Gasteiger partial charge in [-0.15, -0.1) is 0 Å². The Morgan fingerprint density at radius 3 is 1.25 bits per heavy atom. The van der Waals surface area contributed by atoms with Gasteiger partial charge in [-0.1, -0.05) is 0 Å². The van der Waals surface area contributed by atoms with Crippen LogP contribution < -0.4 is 44.2 Å². The topological polar surface area (TPSA) is 218 Å². The van der Waals surface area contributed by atoms with Crippen LogP contribution in [-0.4, -0.2) is 81.7 Å². The number of aliphatic hydroxyl groups is 1. The van der Waals surface area contributed by atoms with Gasteiger partial charge in [0, 0.05) is 0 Å². The maximum absolute atomic E-state index is 10.3. The van der Waals surface area contributed by atoms with Gasteiger partial charge in [0.2, 0.25) is 0 Å². The second kappa shape index (κ2) is 12.3. The van der Waals surface area contributed by atoms with E-state index in [0.29, 0.717) is 0 Å². The van der Waals surface area contributed by atoms with Crippen molar-refractivity contribution in [2.45, 2.75) is 18.4 Å². The third-order valence-electron chi connectivity index (χ3n) is 1.29. The molecule has 0 saturated carbocycles. The second-order valence-corrected chi connectivity index (χ2v) is 3.82. The summed E-state index contributed by atoms with van der Waals surface area (Å²) in [7, 11) is -5.39. The van der Waals surface area contributed by atoms with Crippen LogP contribution in [0.25, 0.3) is 0 Å². The predicted molar refractivity (Wildman–Crippen MR) is 50.5 cm³/mol. The van der Waals surface area contributed by atoms with Crippen molar-refractivity contribution < 1.29 is 83.6 Å². The fourth-order valence-corrected chi connectivity index (χ4v) is 0.714. The monoisotopic (exact) mass is 350 g/mol. The first-order valence-electron chi connectivity index (χ1n) is 3.90. The number of carbonyl (C=O) groups is 3. The number of phosphoric acid groups is 1. The molecule has 0 aliphatic heterocycles. The van der Waals surface area contributed by atoms with Gasteiger partial charge in [-0.05, 0) is 0 Å². The number of aliphatic carboxylic acids is 3. The van der Waals surface area contributed by atoms with E-state index >= 15 is 0 Å². The first-order valence-corrected chi connectivity index (χ1v) is 5.36. The van der Waals surface area contributed by atoms with Gasteiger partial charge in [0.1, 0.15) is 0 Å². The molecule has 0 heterocycles. The molecule has 0 aliphatic carbocycles. The molecule has 0 aromatic rings. The number of carboxylic acids is 3. The van der Waals surface area contributed by atoms with Crippen molar-refractivity contribution in [2.24, 2.45) is 0 Å². The number of hydrogen-bond acceptors (Lipinski definition) is 8. The van der Waals surface area contributed by atoms with Gasteiger partial charge in [-0.25, -0.2) is 4.79 Å². The Bertz CT molecular complexity index is 355. The molecule has 0 fully saturated rings. The molecule has 0 amide bonds. The molecule has 0 bridgehead atoms. The Kier molecular flexibility index (Phi) is 17.7. The van der Waals surface area contributed by atoms with Crippen molar-refractivity contribution in [1.82, 2.24) is 0 Å². The average molecular weight is 350 g/mol. The summed E-state index contributed by atoms with van der Waals surface area (Å²) >= 11 is 0. The smallest absolute Gasteiger partial charge is 0.822 e. The van der Waals surface area contributed by atoms with E-state index in [0.717, 1.165) is 0 Å². The fourth-order valence-electron chi connectivity index (χ4n) is 0.714. The van der Waals surface area contributed by atoms with Gasteiger partial charge in [-0.3, -0.25) is 9.59 Å². The van der Waals surface area contributed by atoms with E-state index in [2.05, 4.69) is 0 Å². The molecule has 106 valence electrons. The van der Waals surface area contributed by atoms with E-state index in [1.165, 1.54) is 0 Å². The second-order valence-electron chi connectivity index (χ2n) is 2.92. The van der Waals surface area contributed by atoms with E-state index < -0.39 is 44.2 Å². The molecular formula is C6H8CaNaO11P. The van der Waals surface area contributed by atoms with Crippen molar-refractivity contribution in [1.29, 1.82) is 0 Å². The van der Waals surface area contributed by atoms with Crippen molar-refractivity contribution in [3.63, 3.8) is 0 Å². The summed E-state index contributed by atoms with van der Waals surface area (Å²) in [6.45, 7) is 0. The predicted octanol–water partition coefficient (Wildman–Crippen LogP) is -7.45. The standard InChI is InChI=1S/C6H8O7.Ca.Na.H3O4P/c7-3(8)1-6(13,5(11)12)2-4(9)10;;;1-5(2,3)4/h13H,1-2H2,(H,7,8)(H,9,10)(H,11,12);;;(H3,1,2,3,4)/q;+2;+1;/p-3. The van der Waals surface area contributed by atoms with Gasteiger partial charge < -0.3 is 39.7 Å². The van der Waals surface area contributed by atoms with Crippen LogP contribution in [0.1, 0.15) is 12.8 Å². The van der Waals surface area contributed by atoms with Crippen LogP contribution in [0.5, 0.6) is 0 Å². The SMILES string of the molecule is O=C(O)CC(O)(CC(=O)O)C(=O)O.O=P([O-])([O-])[O-].[Ca+2].[Na+]. The van der Waals surface area contributed by atoms with E-state index in [4.69, 9.17) is 39.7 Å². The van der Waals surface area contributed by atoms with E-state index in [1.54, 1.807) is 0 Å². The van der Waals surface area contributed by atoms with E-state index in [9.17, 15) is 14.4 Å². The largest absolute Gasteiger partial charge is 2.00 e. The zero-order valence-corrected chi connectivity index (χ0v) is 15.3. The van der Waals surface area contributed by atoms with E-state index in [1.807, 2.05) is 0 Å². The van der Waals surface area contributed by atoms with Crippen LogP contribution in [0.2, 0.25) is 0 Å². The maximum Gasteiger partial charge on any atom is 2.00 e. The Hall–Kier alpha value is 0.740. The Balaban J connectivity index is -0.000000158. The third kappa shape index (κ3) is 21.0. The van der Waals surface area contributed by atoms with Crippen molar-refractivity contribution >= 4 is 63.5 Å². The quantitative estimate of drug-likeness (QED) is 0.269. The van der Waals surface area contributed by atoms with Gasteiger partial charge in [0.05, 0.1) is 12.8 Å². The molecule has 0 unspecified atom stereocenters. The molecule has 0 aromatic heterocycles. The number of carboxylic acid groups (broad SMARTS) is 3. The minimum atomic E-state index is -5.39. The summed E-state index contributed by atoms with van der Waals surface area (Å²) in [6.07, 6.45) is -2.29. The molecule has 0 atom stereocenters. The average Bonchev–Trinajstić information content (AvgIpc) is 1.95. The van der Waals surface area contributed by atoms with Crippen LogP contribution in [0.15, 0.2) is 0 Å². The molecule has 0 radical (unpaired) electrons. The first kappa shape index (κ1) is 28.8. The molecule has 14 heteroatoms. The van der Waals surface area contributed by atoms with Crippen molar-refractivity contribution in [2.75, 3.05) is 0 Å². The minimum Gasteiger partial charge on any atom is -0.822 e. The van der Waals surface area contributed by atoms with Crippen molar-refractivity contribution in [3.05, 3.63) is 0 Å². The molecular weight excluding hydrogens is 342 g/mol. The summed E-state index contributed by atoms with van der Waals surface area (Å²) < 4.78 is 8.55. The molecule has 0 aliphatic rings. The third-order valence-corrected chi connectivity index (χ3v) is 1.29. The van der Waals surface area contributed by atoms with Crippen LogP contribution in [0, 0.1) is 0 Å². The molecule has 0 spiro atoms. The minimum absolute atomic E-state index is 0.